The number of nitrogens with zero attached hydrogens (tertiary/aromatic N) is 2. The molecule has 3 rings (SSSR count). The van der Waals surface area contributed by atoms with Gasteiger partial charge in [0.15, 0.2) is 0 Å². The van der Waals surface area contributed by atoms with E-state index in [1.54, 1.807) is 11.3 Å². The highest BCUT2D eigenvalue weighted by atomic mass is 32.1. The van der Waals surface area contributed by atoms with Gasteiger partial charge in [0, 0.05) is 24.7 Å². The topological polar surface area (TPSA) is 36.4 Å². The van der Waals surface area contributed by atoms with Gasteiger partial charge < -0.3 is 5.11 Å². The summed E-state index contributed by atoms with van der Waals surface area (Å²) in [5.74, 6) is 0. The van der Waals surface area contributed by atoms with Crippen molar-refractivity contribution in [3.05, 3.63) is 88.4 Å². The van der Waals surface area contributed by atoms with Gasteiger partial charge in [-0.25, -0.2) is 4.98 Å². The van der Waals surface area contributed by atoms with Crippen molar-refractivity contribution in [2.45, 2.75) is 19.0 Å². The van der Waals surface area contributed by atoms with Gasteiger partial charge in [-0.3, -0.25) is 4.90 Å². The Balaban J connectivity index is 1.96. The van der Waals surface area contributed by atoms with E-state index in [0.717, 1.165) is 24.5 Å². The van der Waals surface area contributed by atoms with Gasteiger partial charge in [0.05, 0.1) is 12.6 Å². The van der Waals surface area contributed by atoms with E-state index in [2.05, 4.69) is 58.4 Å². The SMILES string of the molecule is OCCCN(Cc1nccs1)C(c1ccccc1)c1ccccc1. The third-order valence-electron chi connectivity index (χ3n) is 4.02. The number of thiazole rings is 1. The van der Waals surface area contributed by atoms with Crippen molar-refractivity contribution >= 4 is 11.3 Å². The third kappa shape index (κ3) is 4.29. The number of benzene rings is 2. The summed E-state index contributed by atoms with van der Waals surface area (Å²) < 4.78 is 0. The first-order valence-electron chi connectivity index (χ1n) is 8.21. The lowest BCUT2D eigenvalue weighted by molar-refractivity contribution is 0.186. The fourth-order valence-corrected chi connectivity index (χ4v) is 3.60. The van der Waals surface area contributed by atoms with Gasteiger partial charge in [-0.15, -0.1) is 11.3 Å². The Hall–Kier alpha value is -2.01. The molecule has 0 spiro atoms. The van der Waals surface area contributed by atoms with E-state index in [0.29, 0.717) is 0 Å². The van der Waals surface area contributed by atoms with Crippen molar-refractivity contribution in [2.24, 2.45) is 0 Å². The van der Waals surface area contributed by atoms with Gasteiger partial charge in [-0.1, -0.05) is 60.7 Å². The number of aliphatic hydroxyl groups excluding tert-OH is 1. The molecule has 1 heterocycles. The van der Waals surface area contributed by atoms with Crippen LogP contribution in [0.15, 0.2) is 72.2 Å². The molecule has 3 nitrogen and oxygen atoms in total. The maximum atomic E-state index is 9.32. The van der Waals surface area contributed by atoms with Crippen molar-refractivity contribution in [1.82, 2.24) is 9.88 Å². The lowest BCUT2D eigenvalue weighted by atomic mass is 9.97. The molecule has 0 bridgehead atoms. The summed E-state index contributed by atoms with van der Waals surface area (Å²) in [5.41, 5.74) is 2.52. The molecule has 0 saturated carbocycles. The molecule has 4 heteroatoms. The van der Waals surface area contributed by atoms with Crippen molar-refractivity contribution in [3.63, 3.8) is 0 Å². The molecule has 0 radical (unpaired) electrons. The summed E-state index contributed by atoms with van der Waals surface area (Å²) >= 11 is 1.68. The Morgan fingerprint density at radius 3 is 2.08 bits per heavy atom. The molecule has 0 amide bonds. The molecular weight excluding hydrogens is 316 g/mol. The van der Waals surface area contributed by atoms with E-state index < -0.39 is 0 Å². The van der Waals surface area contributed by atoms with Gasteiger partial charge in [0.2, 0.25) is 0 Å². The highest BCUT2D eigenvalue weighted by Crippen LogP contribution is 2.30. The summed E-state index contributed by atoms with van der Waals surface area (Å²) in [5, 5.41) is 12.4. The van der Waals surface area contributed by atoms with Gasteiger partial charge in [0.25, 0.3) is 0 Å². The molecule has 0 atom stereocenters. The van der Waals surface area contributed by atoms with E-state index in [1.165, 1.54) is 11.1 Å². The fourth-order valence-electron chi connectivity index (χ4n) is 2.96. The smallest absolute Gasteiger partial charge is 0.107 e. The number of aromatic nitrogens is 1. The summed E-state index contributed by atoms with van der Waals surface area (Å²) in [4.78, 5) is 6.85. The zero-order valence-electron chi connectivity index (χ0n) is 13.6. The minimum atomic E-state index is 0.155. The number of hydrogen-bond donors (Lipinski definition) is 1. The first-order chi connectivity index (χ1) is 11.9. The number of rotatable bonds is 8. The Morgan fingerprint density at radius 2 is 1.58 bits per heavy atom. The van der Waals surface area contributed by atoms with Crippen LogP contribution in [-0.2, 0) is 6.54 Å². The normalized spacial score (nSPS) is 11.3. The maximum absolute atomic E-state index is 9.32. The third-order valence-corrected chi connectivity index (χ3v) is 4.79. The van der Waals surface area contributed by atoms with Crippen molar-refractivity contribution in [2.75, 3.05) is 13.2 Å². The van der Waals surface area contributed by atoms with Crippen LogP contribution in [0.3, 0.4) is 0 Å². The first kappa shape index (κ1) is 16.8. The molecular formula is C20H22N2OS. The molecule has 0 aliphatic heterocycles. The first-order valence-corrected chi connectivity index (χ1v) is 9.09. The quantitative estimate of drug-likeness (QED) is 0.671. The Bertz CT molecular complexity index is 662. The number of aliphatic hydroxyl groups is 1. The predicted octanol–water partition coefficient (Wildman–Crippen LogP) is 4.12. The second-order valence-electron chi connectivity index (χ2n) is 5.70. The molecule has 124 valence electrons. The minimum Gasteiger partial charge on any atom is -0.396 e. The van der Waals surface area contributed by atoms with Crippen LogP contribution in [0.2, 0.25) is 0 Å². The molecule has 1 N–H and O–H groups in total. The van der Waals surface area contributed by atoms with Crippen LogP contribution in [-0.4, -0.2) is 28.1 Å². The second-order valence-corrected chi connectivity index (χ2v) is 6.68. The van der Waals surface area contributed by atoms with Crippen LogP contribution in [0.5, 0.6) is 0 Å². The number of hydrogen-bond acceptors (Lipinski definition) is 4. The zero-order chi connectivity index (χ0) is 16.6. The van der Waals surface area contributed by atoms with Gasteiger partial charge in [-0.05, 0) is 17.5 Å². The van der Waals surface area contributed by atoms with Gasteiger partial charge in [0.1, 0.15) is 5.01 Å². The molecule has 2 aromatic carbocycles. The van der Waals surface area contributed by atoms with E-state index in [9.17, 15) is 5.11 Å². The van der Waals surface area contributed by atoms with Crippen molar-refractivity contribution < 1.29 is 5.11 Å². The van der Waals surface area contributed by atoms with E-state index in [-0.39, 0.29) is 12.6 Å². The molecule has 0 aliphatic carbocycles. The Morgan fingerprint density at radius 1 is 0.958 bits per heavy atom. The van der Waals surface area contributed by atoms with Gasteiger partial charge in [-0.2, -0.15) is 0 Å². The molecule has 0 saturated heterocycles. The standard InChI is InChI=1S/C20H22N2OS/c23-14-7-13-22(16-19-21-12-15-24-19)20(17-8-3-1-4-9-17)18-10-5-2-6-11-18/h1-6,8-12,15,20,23H,7,13-14,16H2. The monoisotopic (exact) mass is 338 g/mol. The largest absolute Gasteiger partial charge is 0.396 e. The van der Waals surface area contributed by atoms with Crippen LogP contribution < -0.4 is 0 Å². The van der Waals surface area contributed by atoms with Crippen LogP contribution in [0.4, 0.5) is 0 Å². The average molecular weight is 338 g/mol. The molecule has 0 fully saturated rings. The van der Waals surface area contributed by atoms with E-state index in [1.807, 2.05) is 23.7 Å². The van der Waals surface area contributed by atoms with E-state index >= 15 is 0 Å². The lowest BCUT2D eigenvalue weighted by Gasteiger charge is -2.32. The van der Waals surface area contributed by atoms with Crippen LogP contribution in [0.25, 0.3) is 0 Å². The molecule has 24 heavy (non-hydrogen) atoms. The Kier molecular flexibility index (Phi) is 6.13. The molecule has 3 aromatic rings. The van der Waals surface area contributed by atoms with Gasteiger partial charge >= 0.3 is 0 Å². The summed E-state index contributed by atoms with van der Waals surface area (Å²) in [7, 11) is 0. The summed E-state index contributed by atoms with van der Waals surface area (Å²) in [6, 6.07) is 21.3. The molecule has 1 aromatic heterocycles. The Labute approximate surface area is 147 Å². The highest BCUT2D eigenvalue weighted by Gasteiger charge is 2.22. The van der Waals surface area contributed by atoms with E-state index in [4.69, 9.17) is 0 Å². The zero-order valence-corrected chi connectivity index (χ0v) is 14.4. The fraction of sp³-hybridized carbons (Fsp3) is 0.250. The van der Waals surface area contributed by atoms with Crippen molar-refractivity contribution in [3.8, 4) is 0 Å². The van der Waals surface area contributed by atoms with Crippen LogP contribution in [0.1, 0.15) is 28.6 Å². The van der Waals surface area contributed by atoms with Crippen molar-refractivity contribution in [1.29, 1.82) is 0 Å². The predicted molar refractivity (Wildman–Crippen MR) is 99.0 cm³/mol. The summed E-state index contributed by atoms with van der Waals surface area (Å²) in [6.07, 6.45) is 2.60. The molecule has 0 unspecified atom stereocenters. The van der Waals surface area contributed by atoms with Crippen LogP contribution >= 0.6 is 11.3 Å². The highest BCUT2D eigenvalue weighted by molar-refractivity contribution is 7.09. The second kappa shape index (κ2) is 8.73. The average Bonchev–Trinajstić information content (AvgIpc) is 3.15. The summed E-state index contributed by atoms with van der Waals surface area (Å²) in [6.45, 7) is 1.81. The maximum Gasteiger partial charge on any atom is 0.107 e. The lowest BCUT2D eigenvalue weighted by Crippen LogP contribution is -2.30. The minimum absolute atomic E-state index is 0.155. The molecule has 0 aliphatic rings. The van der Waals surface area contributed by atoms with Crippen LogP contribution in [0, 0.1) is 0 Å².